The molecule has 1 rings (SSSR count). The number of urea groups is 1. The Kier molecular flexibility index (Phi) is 1.89. The van der Waals surface area contributed by atoms with Gasteiger partial charge in [0, 0.05) is 13.1 Å². The summed E-state index contributed by atoms with van der Waals surface area (Å²) in [6.07, 6.45) is 0. The third-order valence-corrected chi connectivity index (χ3v) is 1.26. The van der Waals surface area contributed by atoms with Crippen LogP contribution in [0.1, 0.15) is 0 Å². The third kappa shape index (κ3) is 1.32. The topological polar surface area (TPSA) is 54.6 Å². The van der Waals surface area contributed by atoms with Gasteiger partial charge in [-0.25, -0.2) is 10.1 Å². The summed E-state index contributed by atoms with van der Waals surface area (Å²) in [7, 11) is 0. The summed E-state index contributed by atoms with van der Waals surface area (Å²) in [4.78, 5) is 12.1. The maximum absolute atomic E-state index is 10.6. The number of amides is 2. The lowest BCUT2D eigenvalue weighted by atomic mass is 10.5. The Balaban J connectivity index is 2.31. The highest BCUT2D eigenvalue weighted by Gasteiger charge is 2.19. The zero-order valence-electron chi connectivity index (χ0n) is 5.08. The van der Waals surface area contributed by atoms with Crippen molar-refractivity contribution in [1.82, 2.24) is 10.2 Å². The van der Waals surface area contributed by atoms with E-state index in [1.165, 1.54) is 4.90 Å². The number of carbonyl (C=O) groups is 1. The first-order valence-electron chi connectivity index (χ1n) is 2.92. The molecule has 0 aliphatic carbocycles. The lowest BCUT2D eigenvalue weighted by molar-refractivity contribution is 0.197. The fourth-order valence-electron chi connectivity index (χ4n) is 0.790. The van der Waals surface area contributed by atoms with Gasteiger partial charge in [0.2, 0.25) is 0 Å². The van der Waals surface area contributed by atoms with Crippen molar-refractivity contribution in [1.29, 1.82) is 0 Å². The number of nitrogens with zero attached hydrogens (tertiary/aromatic N) is 2. The molecule has 0 spiro atoms. The van der Waals surface area contributed by atoms with Gasteiger partial charge >= 0.3 is 6.03 Å². The van der Waals surface area contributed by atoms with E-state index in [0.29, 0.717) is 19.6 Å². The normalized spacial score (nSPS) is 18.3. The summed E-state index contributed by atoms with van der Waals surface area (Å²) in [6.45, 7) is 1.70. The number of hydrogen-bond acceptors (Lipinski definition) is 2. The summed E-state index contributed by atoms with van der Waals surface area (Å²) in [5.74, 6) is 0. The molecule has 0 aromatic heterocycles. The molecule has 1 N–H and O–H groups in total. The van der Waals surface area contributed by atoms with Gasteiger partial charge in [0.25, 0.3) is 0 Å². The van der Waals surface area contributed by atoms with E-state index in [9.17, 15) is 4.79 Å². The third-order valence-electron chi connectivity index (χ3n) is 1.26. The zero-order chi connectivity index (χ0) is 6.69. The van der Waals surface area contributed by atoms with E-state index in [0.717, 1.165) is 0 Å². The van der Waals surface area contributed by atoms with Crippen molar-refractivity contribution in [2.45, 2.75) is 0 Å². The molecule has 1 fully saturated rings. The first kappa shape index (κ1) is 6.35. The Morgan fingerprint density at radius 1 is 1.78 bits per heavy atom. The van der Waals surface area contributed by atoms with Crippen LogP contribution >= 0.6 is 0 Å². The number of hydrogen-bond donors (Lipinski definition) is 1. The maximum atomic E-state index is 10.6. The van der Waals surface area contributed by atoms with E-state index in [4.69, 9.17) is 5.11 Å². The molecule has 0 aromatic rings. The van der Waals surface area contributed by atoms with Gasteiger partial charge in [-0.2, -0.15) is 0 Å². The van der Waals surface area contributed by atoms with Crippen molar-refractivity contribution in [3.63, 3.8) is 0 Å². The lowest BCUT2D eigenvalue weighted by Crippen LogP contribution is -2.28. The van der Waals surface area contributed by atoms with Gasteiger partial charge < -0.3 is 10.0 Å². The fraction of sp³-hybridized carbons (Fsp3) is 0.800. The molecule has 4 nitrogen and oxygen atoms in total. The molecule has 0 aromatic carbocycles. The Hall–Kier alpha value is -0.770. The van der Waals surface area contributed by atoms with Crippen LogP contribution in [-0.4, -0.2) is 42.3 Å². The highest BCUT2D eigenvalue weighted by Crippen LogP contribution is 1.95. The molecule has 1 saturated heterocycles. The number of aliphatic hydroxyl groups is 1. The second-order valence-electron chi connectivity index (χ2n) is 1.87. The van der Waals surface area contributed by atoms with Crippen LogP contribution in [0.3, 0.4) is 0 Å². The number of rotatable bonds is 2. The number of β-amino-alcohol motifs (C(OH)–C–C–N with tert-alkyl or cyclic N) is 1. The molecule has 0 saturated carbocycles. The van der Waals surface area contributed by atoms with Crippen LogP contribution in [0.25, 0.3) is 0 Å². The van der Waals surface area contributed by atoms with E-state index in [2.05, 4.69) is 5.32 Å². The molecule has 1 radical (unpaired) electrons. The van der Waals surface area contributed by atoms with Crippen LogP contribution in [0.4, 0.5) is 4.79 Å². The largest absolute Gasteiger partial charge is 0.395 e. The van der Waals surface area contributed by atoms with Crippen LogP contribution < -0.4 is 5.32 Å². The first-order valence-corrected chi connectivity index (χ1v) is 2.92. The van der Waals surface area contributed by atoms with E-state index >= 15 is 0 Å². The molecule has 51 valence electrons. The fourth-order valence-corrected chi connectivity index (χ4v) is 0.790. The van der Waals surface area contributed by atoms with Crippen LogP contribution in [0.2, 0.25) is 0 Å². The van der Waals surface area contributed by atoms with Gasteiger partial charge in [-0.3, -0.25) is 0 Å². The monoisotopic (exact) mass is 129 g/mol. The highest BCUT2D eigenvalue weighted by atomic mass is 16.3. The molecule has 2 amide bonds. The van der Waals surface area contributed by atoms with E-state index in [1.54, 1.807) is 0 Å². The van der Waals surface area contributed by atoms with Gasteiger partial charge in [-0.15, -0.1) is 0 Å². The minimum atomic E-state index is -0.191. The smallest absolute Gasteiger partial charge is 0.339 e. The second kappa shape index (κ2) is 2.68. The zero-order valence-corrected chi connectivity index (χ0v) is 5.08. The van der Waals surface area contributed by atoms with Crippen molar-refractivity contribution in [2.75, 3.05) is 26.2 Å². The Labute approximate surface area is 53.5 Å². The Bertz CT molecular complexity index is 116. The summed E-state index contributed by atoms with van der Waals surface area (Å²) < 4.78 is 0. The standard InChI is InChI=1S/C5H9N2O2/c8-4-3-7-2-1-6-5(7)9/h8H,1-4H2. The van der Waals surface area contributed by atoms with Gasteiger partial charge in [0.15, 0.2) is 0 Å². The average molecular weight is 129 g/mol. The molecule has 1 heterocycles. The molecule has 9 heavy (non-hydrogen) atoms. The van der Waals surface area contributed by atoms with Gasteiger partial charge in [0.1, 0.15) is 0 Å². The molecular weight excluding hydrogens is 120 g/mol. The highest BCUT2D eigenvalue weighted by molar-refractivity contribution is 5.75. The lowest BCUT2D eigenvalue weighted by Gasteiger charge is -2.09. The van der Waals surface area contributed by atoms with Crippen molar-refractivity contribution in [3.05, 3.63) is 0 Å². The predicted molar refractivity (Wildman–Crippen MR) is 31.1 cm³/mol. The summed E-state index contributed by atoms with van der Waals surface area (Å²) in [6, 6.07) is -0.191. The van der Waals surface area contributed by atoms with Crippen LogP contribution in [-0.2, 0) is 0 Å². The molecule has 0 bridgehead atoms. The molecular formula is C5H9N2O2. The molecule has 1 aliphatic rings. The van der Waals surface area contributed by atoms with Crippen LogP contribution in [0.5, 0.6) is 0 Å². The van der Waals surface area contributed by atoms with E-state index in [-0.39, 0.29) is 12.6 Å². The van der Waals surface area contributed by atoms with Crippen LogP contribution in [0, 0.1) is 0 Å². The minimum Gasteiger partial charge on any atom is -0.395 e. The van der Waals surface area contributed by atoms with E-state index in [1.807, 2.05) is 0 Å². The predicted octanol–water partition coefficient (Wildman–Crippen LogP) is -0.981. The molecule has 0 unspecified atom stereocenters. The quantitative estimate of drug-likeness (QED) is 0.521. The minimum absolute atomic E-state index is 0.0290. The number of aliphatic hydroxyl groups excluding tert-OH is 1. The molecule has 1 aliphatic heterocycles. The summed E-state index contributed by atoms with van der Waals surface area (Å²) in [5, 5.41) is 12.0. The van der Waals surface area contributed by atoms with Gasteiger partial charge in [0.05, 0.1) is 13.2 Å². The van der Waals surface area contributed by atoms with Gasteiger partial charge in [-0.05, 0) is 0 Å². The second-order valence-corrected chi connectivity index (χ2v) is 1.87. The maximum Gasteiger partial charge on any atom is 0.339 e. The molecule has 4 heteroatoms. The van der Waals surface area contributed by atoms with Gasteiger partial charge in [-0.1, -0.05) is 0 Å². The Morgan fingerprint density at radius 2 is 2.56 bits per heavy atom. The van der Waals surface area contributed by atoms with Crippen molar-refractivity contribution >= 4 is 6.03 Å². The average Bonchev–Trinajstić information content (AvgIpc) is 2.18. The first-order chi connectivity index (χ1) is 4.34. The van der Waals surface area contributed by atoms with Crippen LogP contribution in [0.15, 0.2) is 0 Å². The van der Waals surface area contributed by atoms with Crippen molar-refractivity contribution in [2.24, 2.45) is 0 Å². The van der Waals surface area contributed by atoms with E-state index < -0.39 is 0 Å². The number of carbonyl (C=O) groups excluding carboxylic acids is 1. The SMILES string of the molecule is O=C1[N]CCN1CCO. The molecule has 0 atom stereocenters. The summed E-state index contributed by atoms with van der Waals surface area (Å²) in [5.41, 5.74) is 0. The van der Waals surface area contributed by atoms with Crippen molar-refractivity contribution in [3.8, 4) is 0 Å². The summed E-state index contributed by atoms with van der Waals surface area (Å²) >= 11 is 0. The van der Waals surface area contributed by atoms with Crippen molar-refractivity contribution < 1.29 is 9.90 Å². The Morgan fingerprint density at radius 3 is 3.00 bits per heavy atom.